The number of hydrogen-bond donors (Lipinski definition) is 3. The van der Waals surface area contributed by atoms with Crippen LogP contribution >= 0.6 is 0 Å². The molecule has 2 rings (SSSR count). The molecule has 0 spiro atoms. The van der Waals surface area contributed by atoms with Crippen LogP contribution in [0, 0.1) is 11.8 Å². The van der Waals surface area contributed by atoms with Crippen LogP contribution in [0.5, 0.6) is 0 Å². The minimum atomic E-state index is -0.780. The third-order valence-electron chi connectivity index (χ3n) is 5.99. The van der Waals surface area contributed by atoms with Crippen molar-refractivity contribution in [1.82, 2.24) is 0 Å². The van der Waals surface area contributed by atoms with Crippen LogP contribution in [-0.4, -0.2) is 33.2 Å². The molecule has 0 saturated heterocycles. The quantitative estimate of drug-likeness (QED) is 0.331. The monoisotopic (exact) mass is 428 g/mol. The number of hydrogen-bond acceptors (Lipinski definition) is 4. The maximum Gasteiger partial charge on any atom is 0.303 e. The SMILES string of the molecule is CCCCC[C@@H](O)/C(=C/[C@H]1C(=O)C=C(O)[C@@H]1CCCCCCC(=O)O)c1ccccc1. The number of rotatable bonds is 14. The fraction of sp³-hybridized carbons (Fsp3) is 0.538. The van der Waals surface area contributed by atoms with Crippen molar-refractivity contribution < 1.29 is 24.9 Å². The summed E-state index contributed by atoms with van der Waals surface area (Å²) in [6.07, 6.45) is 10.2. The Kier molecular flexibility index (Phi) is 10.5. The predicted octanol–water partition coefficient (Wildman–Crippen LogP) is 5.69. The average Bonchev–Trinajstić information content (AvgIpc) is 3.01. The lowest BCUT2D eigenvalue weighted by Gasteiger charge is -2.21. The van der Waals surface area contributed by atoms with Gasteiger partial charge in [0.05, 0.1) is 17.8 Å². The van der Waals surface area contributed by atoms with Crippen molar-refractivity contribution in [1.29, 1.82) is 0 Å². The molecule has 0 unspecified atom stereocenters. The van der Waals surface area contributed by atoms with Gasteiger partial charge in [0.2, 0.25) is 0 Å². The van der Waals surface area contributed by atoms with Crippen molar-refractivity contribution in [2.45, 2.75) is 77.2 Å². The van der Waals surface area contributed by atoms with E-state index < -0.39 is 18.0 Å². The first kappa shape index (κ1) is 24.9. The summed E-state index contributed by atoms with van der Waals surface area (Å²) in [6, 6.07) is 9.65. The van der Waals surface area contributed by atoms with Crippen molar-refractivity contribution in [3.05, 3.63) is 53.8 Å². The molecular weight excluding hydrogens is 392 g/mol. The molecule has 0 bridgehead atoms. The molecule has 1 aromatic carbocycles. The molecule has 3 atom stereocenters. The fourth-order valence-electron chi connectivity index (χ4n) is 4.22. The van der Waals surface area contributed by atoms with Crippen LogP contribution in [0.3, 0.4) is 0 Å². The lowest BCUT2D eigenvalue weighted by molar-refractivity contribution is -0.137. The summed E-state index contributed by atoms with van der Waals surface area (Å²) < 4.78 is 0. The van der Waals surface area contributed by atoms with E-state index >= 15 is 0 Å². The molecule has 5 heteroatoms. The molecule has 1 aromatic rings. The third kappa shape index (κ3) is 7.98. The summed E-state index contributed by atoms with van der Waals surface area (Å²) in [5.41, 5.74) is 1.66. The molecule has 31 heavy (non-hydrogen) atoms. The zero-order chi connectivity index (χ0) is 22.6. The number of carbonyl (C=O) groups excluding carboxylic acids is 1. The zero-order valence-corrected chi connectivity index (χ0v) is 18.5. The summed E-state index contributed by atoms with van der Waals surface area (Å²) in [4.78, 5) is 23.2. The van der Waals surface area contributed by atoms with Gasteiger partial charge >= 0.3 is 5.97 Å². The van der Waals surface area contributed by atoms with Crippen molar-refractivity contribution >= 4 is 17.3 Å². The van der Waals surface area contributed by atoms with Crippen molar-refractivity contribution in [3.63, 3.8) is 0 Å². The third-order valence-corrected chi connectivity index (χ3v) is 5.99. The number of carbonyl (C=O) groups is 2. The van der Waals surface area contributed by atoms with Gasteiger partial charge in [0.15, 0.2) is 5.78 Å². The van der Waals surface area contributed by atoms with Gasteiger partial charge in [-0.1, -0.05) is 81.9 Å². The summed E-state index contributed by atoms with van der Waals surface area (Å²) in [5, 5.41) is 30.0. The summed E-state index contributed by atoms with van der Waals surface area (Å²) in [7, 11) is 0. The minimum Gasteiger partial charge on any atom is -0.512 e. The second-order valence-electron chi connectivity index (χ2n) is 8.45. The lowest BCUT2D eigenvalue weighted by atomic mass is 9.84. The highest BCUT2D eigenvalue weighted by molar-refractivity contribution is 5.97. The second kappa shape index (κ2) is 13.1. The smallest absolute Gasteiger partial charge is 0.303 e. The first-order valence-corrected chi connectivity index (χ1v) is 11.6. The number of unbranched alkanes of at least 4 members (excludes halogenated alkanes) is 5. The molecule has 5 nitrogen and oxygen atoms in total. The van der Waals surface area contributed by atoms with Gasteiger partial charge in [0.1, 0.15) is 0 Å². The Morgan fingerprint density at radius 2 is 1.77 bits per heavy atom. The topological polar surface area (TPSA) is 94.8 Å². The summed E-state index contributed by atoms with van der Waals surface area (Å²) in [6.45, 7) is 2.12. The van der Waals surface area contributed by atoms with Crippen molar-refractivity contribution in [3.8, 4) is 0 Å². The second-order valence-corrected chi connectivity index (χ2v) is 8.45. The Labute approximate surface area is 185 Å². The molecule has 0 radical (unpaired) electrons. The van der Waals surface area contributed by atoms with Gasteiger partial charge in [0, 0.05) is 18.4 Å². The van der Waals surface area contributed by atoms with Crippen LogP contribution in [-0.2, 0) is 9.59 Å². The molecule has 0 aromatic heterocycles. The largest absolute Gasteiger partial charge is 0.512 e. The standard InChI is InChI=1S/C26H36O5/c1-2-3-7-15-23(27)21(19-12-8-6-9-13-19)17-22-20(24(28)18-25(22)29)14-10-4-5-11-16-26(30)31/h6,8-9,12-13,17-18,20,22-23,27-28H,2-5,7,10-11,14-16H2,1H3,(H,30,31)/b21-17+/t20-,22-,23-/m1/s1. The summed E-state index contributed by atoms with van der Waals surface area (Å²) in [5.74, 6) is -1.55. The highest BCUT2D eigenvalue weighted by atomic mass is 16.4. The van der Waals surface area contributed by atoms with Gasteiger partial charge in [-0.25, -0.2) is 0 Å². The van der Waals surface area contributed by atoms with Gasteiger partial charge in [-0.3, -0.25) is 9.59 Å². The van der Waals surface area contributed by atoms with Crippen LogP contribution in [0.2, 0.25) is 0 Å². The summed E-state index contributed by atoms with van der Waals surface area (Å²) >= 11 is 0. The Balaban J connectivity index is 2.11. The fourth-order valence-corrected chi connectivity index (χ4v) is 4.22. The number of aliphatic hydroxyl groups is 2. The van der Waals surface area contributed by atoms with Gasteiger partial charge in [-0.15, -0.1) is 0 Å². The minimum absolute atomic E-state index is 0.115. The van der Waals surface area contributed by atoms with E-state index in [2.05, 4.69) is 6.92 Å². The van der Waals surface area contributed by atoms with Crippen molar-refractivity contribution in [2.75, 3.05) is 0 Å². The molecule has 0 heterocycles. The Morgan fingerprint density at radius 1 is 1.06 bits per heavy atom. The number of aliphatic hydroxyl groups excluding tert-OH is 2. The number of carboxylic acid groups (broad SMARTS) is 1. The van der Waals surface area contributed by atoms with E-state index in [1.807, 2.05) is 36.4 Å². The highest BCUT2D eigenvalue weighted by Gasteiger charge is 2.35. The van der Waals surface area contributed by atoms with E-state index in [-0.39, 0.29) is 23.9 Å². The highest BCUT2D eigenvalue weighted by Crippen LogP contribution is 2.36. The maximum absolute atomic E-state index is 12.6. The predicted molar refractivity (Wildman–Crippen MR) is 123 cm³/mol. The Hall–Kier alpha value is -2.40. The van der Waals surface area contributed by atoms with Gasteiger partial charge in [-0.2, -0.15) is 0 Å². The first-order valence-electron chi connectivity index (χ1n) is 11.6. The van der Waals surface area contributed by atoms with Crippen LogP contribution in [0.15, 0.2) is 48.2 Å². The molecular formula is C26H36O5. The molecule has 0 aliphatic heterocycles. The van der Waals surface area contributed by atoms with E-state index in [1.165, 1.54) is 6.08 Å². The first-order chi connectivity index (χ1) is 14.9. The van der Waals surface area contributed by atoms with E-state index in [9.17, 15) is 19.8 Å². The molecule has 0 saturated carbocycles. The number of ketones is 1. The number of aliphatic carboxylic acids is 1. The average molecular weight is 429 g/mol. The van der Waals surface area contributed by atoms with Gasteiger partial charge in [-0.05, 0) is 30.4 Å². The molecule has 0 amide bonds. The van der Waals surface area contributed by atoms with E-state index in [1.54, 1.807) is 0 Å². The van der Waals surface area contributed by atoms with Crippen LogP contribution < -0.4 is 0 Å². The van der Waals surface area contributed by atoms with Crippen molar-refractivity contribution in [2.24, 2.45) is 11.8 Å². The molecule has 1 aliphatic carbocycles. The number of allylic oxidation sites excluding steroid dienone is 3. The number of carboxylic acids is 1. The van der Waals surface area contributed by atoms with Gasteiger partial charge < -0.3 is 15.3 Å². The normalized spacial score (nSPS) is 20.0. The van der Waals surface area contributed by atoms with Crippen LogP contribution in [0.25, 0.3) is 5.57 Å². The van der Waals surface area contributed by atoms with E-state index in [4.69, 9.17) is 5.11 Å². The molecule has 170 valence electrons. The molecule has 3 N–H and O–H groups in total. The zero-order valence-electron chi connectivity index (χ0n) is 18.5. The molecule has 0 fully saturated rings. The maximum atomic E-state index is 12.6. The van der Waals surface area contributed by atoms with Gasteiger partial charge in [0.25, 0.3) is 0 Å². The molecule has 1 aliphatic rings. The van der Waals surface area contributed by atoms with Crippen LogP contribution in [0.1, 0.15) is 76.7 Å². The van der Waals surface area contributed by atoms with E-state index in [0.717, 1.165) is 49.7 Å². The van der Waals surface area contributed by atoms with Crippen LogP contribution in [0.4, 0.5) is 0 Å². The Bertz CT molecular complexity index is 765. The lowest BCUT2D eigenvalue weighted by Crippen LogP contribution is -2.19. The van der Waals surface area contributed by atoms with E-state index in [0.29, 0.717) is 19.3 Å². The number of benzene rings is 1. The Morgan fingerprint density at radius 3 is 2.45 bits per heavy atom.